The van der Waals surface area contributed by atoms with Crippen molar-refractivity contribution in [2.24, 2.45) is 0 Å². The number of rotatable bonds is 17. The lowest BCUT2D eigenvalue weighted by molar-refractivity contribution is -0.909. The monoisotopic (exact) mass is 406 g/mol. The predicted octanol–water partition coefficient (Wildman–Crippen LogP) is 3.97. The lowest BCUT2D eigenvalue weighted by atomic mass is 10.1. The molecule has 0 aliphatic heterocycles. The van der Waals surface area contributed by atoms with E-state index in [4.69, 9.17) is 9.29 Å². The topological polar surface area (TPSA) is 80.7 Å². The summed E-state index contributed by atoms with van der Waals surface area (Å²) in [7, 11) is -1.88. The van der Waals surface area contributed by atoms with Gasteiger partial charge in [-0.25, -0.2) is 4.79 Å². The first-order chi connectivity index (χ1) is 12.6. The molecule has 0 aliphatic carbocycles. The molecule has 1 N–H and O–H groups in total. The Morgan fingerprint density at radius 3 is 2.00 bits per heavy atom. The predicted molar refractivity (Wildman–Crippen MR) is 110 cm³/mol. The van der Waals surface area contributed by atoms with Crippen LogP contribution in [-0.4, -0.2) is 62.5 Å². The van der Waals surface area contributed by atoms with Crippen LogP contribution >= 0.6 is 0 Å². The highest BCUT2D eigenvalue weighted by Gasteiger charge is 2.22. The Morgan fingerprint density at radius 1 is 0.963 bits per heavy atom. The average molecular weight is 407 g/mol. The molecule has 0 aromatic heterocycles. The van der Waals surface area contributed by atoms with E-state index in [1.54, 1.807) is 6.92 Å². The van der Waals surface area contributed by atoms with Crippen molar-refractivity contribution in [2.45, 2.75) is 71.6 Å². The third kappa shape index (κ3) is 15.8. The van der Waals surface area contributed by atoms with Gasteiger partial charge in [0.05, 0.1) is 25.9 Å². The molecule has 0 radical (unpaired) electrons. The summed E-state index contributed by atoms with van der Waals surface area (Å²) in [5, 5.41) is 0. The first kappa shape index (κ1) is 26.1. The molecule has 0 rings (SSSR count). The minimum Gasteiger partial charge on any atom is -0.456 e. The van der Waals surface area contributed by atoms with Crippen molar-refractivity contribution in [3.63, 3.8) is 0 Å². The molecule has 0 saturated carbocycles. The molecule has 0 heterocycles. The van der Waals surface area contributed by atoms with E-state index in [1.165, 1.54) is 38.5 Å². The van der Waals surface area contributed by atoms with Crippen LogP contribution in [0, 0.1) is 0 Å². The van der Waals surface area contributed by atoms with E-state index in [-0.39, 0.29) is 12.4 Å². The zero-order valence-electron chi connectivity index (χ0n) is 17.5. The van der Waals surface area contributed by atoms with Gasteiger partial charge < -0.3 is 9.22 Å². The van der Waals surface area contributed by atoms with Crippen LogP contribution in [0.2, 0.25) is 0 Å². The van der Waals surface area contributed by atoms with Gasteiger partial charge in [0.2, 0.25) is 0 Å². The van der Waals surface area contributed by atoms with Gasteiger partial charge in [-0.1, -0.05) is 52.0 Å². The molecule has 1 unspecified atom stereocenters. The number of carbonyl (C=O) groups is 1. The second-order valence-electron chi connectivity index (χ2n) is 7.82. The molecule has 0 spiro atoms. The van der Waals surface area contributed by atoms with Gasteiger partial charge in [-0.3, -0.25) is 4.55 Å². The first-order valence-corrected chi connectivity index (χ1v) is 11.8. The van der Waals surface area contributed by atoms with Crippen molar-refractivity contribution in [3.05, 3.63) is 12.2 Å². The van der Waals surface area contributed by atoms with Crippen LogP contribution in [0.4, 0.5) is 0 Å². The lowest BCUT2D eigenvalue weighted by Crippen LogP contribution is -2.48. The van der Waals surface area contributed by atoms with Gasteiger partial charge in [0.15, 0.2) is 0 Å². The van der Waals surface area contributed by atoms with E-state index in [2.05, 4.69) is 20.6 Å². The number of ether oxygens (including phenoxy) is 1. The fourth-order valence-electron chi connectivity index (χ4n) is 3.07. The van der Waals surface area contributed by atoms with E-state index in [9.17, 15) is 13.2 Å². The van der Waals surface area contributed by atoms with Crippen LogP contribution in [0.5, 0.6) is 0 Å². The number of hydrogen-bond acceptors (Lipinski definition) is 4. The fraction of sp³-hybridized carbons (Fsp3) is 0.850. The Bertz CT molecular complexity index is 532. The second kappa shape index (κ2) is 14.1. The van der Waals surface area contributed by atoms with Gasteiger partial charge in [0, 0.05) is 12.0 Å². The second-order valence-corrected chi connectivity index (χ2v) is 9.39. The number of unbranched alkanes of at least 4 members (excludes halogenated alkanes) is 7. The van der Waals surface area contributed by atoms with Crippen molar-refractivity contribution < 1.29 is 27.0 Å². The number of carbonyl (C=O) groups excluding carboxylic acids is 1. The Morgan fingerprint density at radius 2 is 1.48 bits per heavy atom. The molecule has 0 amide bonds. The van der Waals surface area contributed by atoms with E-state index < -0.39 is 16.1 Å². The minimum absolute atomic E-state index is 0.232. The molecule has 0 bridgehead atoms. The maximum atomic E-state index is 11.5. The zero-order valence-corrected chi connectivity index (χ0v) is 18.4. The van der Waals surface area contributed by atoms with Gasteiger partial charge in [0.1, 0.15) is 13.2 Å². The maximum absolute atomic E-state index is 11.5. The van der Waals surface area contributed by atoms with Crippen molar-refractivity contribution in [1.29, 1.82) is 0 Å². The number of esters is 1. The minimum atomic E-state index is -3.94. The summed E-state index contributed by atoms with van der Waals surface area (Å²) in [6, 6.07) is 0. The fourth-order valence-corrected chi connectivity index (χ4v) is 3.57. The molecule has 0 aromatic carbocycles. The van der Waals surface area contributed by atoms with E-state index in [0.29, 0.717) is 29.6 Å². The SMILES string of the molecule is C=C(C)C(=O)OCC[N+](C)(CCCCCCCCCC)CCCS(=O)(=O)O. The highest BCUT2D eigenvalue weighted by molar-refractivity contribution is 7.85. The maximum Gasteiger partial charge on any atom is 0.333 e. The van der Waals surface area contributed by atoms with Gasteiger partial charge in [-0.05, 0) is 19.8 Å². The highest BCUT2D eigenvalue weighted by atomic mass is 32.2. The molecule has 160 valence electrons. The van der Waals surface area contributed by atoms with Gasteiger partial charge in [-0.15, -0.1) is 0 Å². The molecular weight excluding hydrogens is 366 g/mol. The number of likely N-dealkylation sites (N-methyl/N-ethyl adjacent to an activating group) is 1. The molecule has 6 nitrogen and oxygen atoms in total. The molecule has 0 saturated heterocycles. The standard InChI is InChI=1S/C20H39NO5S/c1-5-6-7-8-9-10-11-12-14-21(4,15-13-18-27(23,24)25)16-17-26-20(22)19(2)3/h2,5-18H2,1,3-4H3/p+1. The Balaban J connectivity index is 4.32. The summed E-state index contributed by atoms with van der Waals surface area (Å²) >= 11 is 0. The van der Waals surface area contributed by atoms with Crippen LogP contribution in [0.15, 0.2) is 12.2 Å². The van der Waals surface area contributed by atoms with E-state index in [1.807, 2.05) is 0 Å². The smallest absolute Gasteiger partial charge is 0.333 e. The van der Waals surface area contributed by atoms with Crippen LogP contribution in [0.25, 0.3) is 0 Å². The van der Waals surface area contributed by atoms with Gasteiger partial charge >= 0.3 is 5.97 Å². The van der Waals surface area contributed by atoms with Crippen LogP contribution in [0.1, 0.15) is 71.6 Å². The summed E-state index contributed by atoms with van der Waals surface area (Å²) in [6.07, 6.45) is 10.3. The molecule has 1 atom stereocenters. The summed E-state index contributed by atoms with van der Waals surface area (Å²) in [5.74, 6) is -0.629. The third-order valence-corrected chi connectivity index (χ3v) is 5.67. The summed E-state index contributed by atoms with van der Waals surface area (Å²) in [4.78, 5) is 11.5. The molecule has 27 heavy (non-hydrogen) atoms. The quantitative estimate of drug-likeness (QED) is 0.130. The first-order valence-electron chi connectivity index (χ1n) is 10.2. The third-order valence-electron chi connectivity index (χ3n) is 4.86. The lowest BCUT2D eigenvalue weighted by Gasteiger charge is -2.34. The van der Waals surface area contributed by atoms with E-state index in [0.717, 1.165) is 19.4 Å². The largest absolute Gasteiger partial charge is 0.456 e. The summed E-state index contributed by atoms with van der Waals surface area (Å²) in [5.41, 5.74) is 0.374. The molecular formula is C20H40NO5S+. The van der Waals surface area contributed by atoms with Crippen molar-refractivity contribution in [3.8, 4) is 0 Å². The van der Waals surface area contributed by atoms with Crippen LogP contribution in [-0.2, 0) is 19.6 Å². The number of quaternary nitrogens is 1. The van der Waals surface area contributed by atoms with Gasteiger partial charge in [0.25, 0.3) is 10.1 Å². The van der Waals surface area contributed by atoms with Gasteiger partial charge in [-0.2, -0.15) is 8.42 Å². The Labute approximate surface area is 166 Å². The van der Waals surface area contributed by atoms with Crippen molar-refractivity contribution >= 4 is 16.1 Å². The van der Waals surface area contributed by atoms with Crippen molar-refractivity contribution in [1.82, 2.24) is 0 Å². The Hall–Kier alpha value is -0.920. The Kier molecular flexibility index (Phi) is 13.6. The number of nitrogens with zero attached hydrogens (tertiary/aromatic N) is 1. The average Bonchev–Trinajstić information content (AvgIpc) is 2.56. The molecule has 0 fully saturated rings. The molecule has 7 heteroatoms. The normalized spacial score (nSPS) is 13.9. The van der Waals surface area contributed by atoms with Crippen molar-refractivity contribution in [2.75, 3.05) is 39.0 Å². The molecule has 0 aromatic rings. The highest BCUT2D eigenvalue weighted by Crippen LogP contribution is 2.13. The summed E-state index contributed by atoms with van der Waals surface area (Å²) in [6.45, 7) is 9.84. The number of hydrogen-bond donors (Lipinski definition) is 1. The summed E-state index contributed by atoms with van der Waals surface area (Å²) < 4.78 is 36.7. The molecule has 0 aliphatic rings. The van der Waals surface area contributed by atoms with Crippen LogP contribution < -0.4 is 0 Å². The van der Waals surface area contributed by atoms with E-state index >= 15 is 0 Å². The zero-order chi connectivity index (χ0) is 20.8. The van der Waals surface area contributed by atoms with Crippen LogP contribution in [0.3, 0.4) is 0 Å².